The third-order valence-electron chi connectivity index (χ3n) is 7.65. The smallest absolute Gasteiger partial charge is 0.475 e. The normalized spacial score (nSPS) is 19.2. The van der Waals surface area contributed by atoms with E-state index in [1.165, 1.54) is 33.0 Å². The molecule has 2 aliphatic heterocycles. The fraction of sp³-hybridized carbons (Fsp3) is 0.500. The molecule has 11 nitrogen and oxygen atoms in total. The van der Waals surface area contributed by atoms with Gasteiger partial charge in [0.2, 0.25) is 10.0 Å². The van der Waals surface area contributed by atoms with E-state index < -0.39 is 43.4 Å². The monoisotopic (exact) mass is 692 g/mol. The van der Waals surface area contributed by atoms with E-state index in [-0.39, 0.29) is 11.4 Å². The van der Waals surface area contributed by atoms with E-state index in [0.717, 1.165) is 24.2 Å². The topological polar surface area (TPSA) is 157 Å². The first-order valence-electron chi connectivity index (χ1n) is 14.1. The minimum Gasteiger partial charge on any atom is -0.475 e. The summed E-state index contributed by atoms with van der Waals surface area (Å²) in [5, 5.41) is 21.1. The number of hydrogen-bond donors (Lipinski definition) is 3. The van der Waals surface area contributed by atoms with Crippen LogP contribution in [0.5, 0.6) is 0 Å². The van der Waals surface area contributed by atoms with Crippen molar-refractivity contribution < 1.29 is 45.0 Å². The molecule has 5 rings (SSSR count). The molecule has 2 atom stereocenters. The number of thiazole rings is 1. The van der Waals surface area contributed by atoms with Gasteiger partial charge in [-0.3, -0.25) is 4.90 Å². The molecule has 2 aromatic carbocycles. The zero-order chi connectivity index (χ0) is 33.0. The second kappa shape index (κ2) is 14.3. The Balaban J connectivity index is 0.000000591. The number of alkyl halides is 3. The van der Waals surface area contributed by atoms with Gasteiger partial charge in [0, 0.05) is 45.5 Å². The Labute approximate surface area is 263 Å². The predicted octanol–water partition coefficient (Wildman–Crippen LogP) is 3.35. The SMILES string of the molecule is CS(=O)(=O)C1CCCN(S(=O)(=O)c2ccc3sc(NCC(O)CN4CCc5ccccc5C4)nc3c2)CC1.O=C(O)C(F)(F)F. The number of aliphatic hydroxyl groups is 1. The molecule has 1 saturated heterocycles. The molecular formula is C28H35F3N4O7S3. The molecule has 45 heavy (non-hydrogen) atoms. The van der Waals surface area contributed by atoms with Gasteiger partial charge >= 0.3 is 12.1 Å². The van der Waals surface area contributed by atoms with Crippen LogP contribution in [-0.4, -0.2) is 104 Å². The van der Waals surface area contributed by atoms with Gasteiger partial charge in [0.15, 0.2) is 5.13 Å². The summed E-state index contributed by atoms with van der Waals surface area (Å²) < 4.78 is 84.5. The first-order valence-corrected chi connectivity index (χ1v) is 18.4. The molecule has 3 aromatic rings. The first kappa shape index (κ1) is 35.0. The van der Waals surface area contributed by atoms with Gasteiger partial charge in [-0.2, -0.15) is 17.5 Å². The molecule has 0 radical (unpaired) electrons. The van der Waals surface area contributed by atoms with E-state index in [9.17, 15) is 35.1 Å². The maximum Gasteiger partial charge on any atom is 0.490 e. The zero-order valence-electron chi connectivity index (χ0n) is 24.4. The number of aliphatic carboxylic acids is 1. The molecule has 2 aliphatic rings. The highest BCUT2D eigenvalue weighted by Crippen LogP contribution is 2.30. The van der Waals surface area contributed by atoms with Gasteiger partial charge in [-0.05, 0) is 55.0 Å². The summed E-state index contributed by atoms with van der Waals surface area (Å²) in [6.45, 7) is 3.14. The number of nitrogens with one attached hydrogen (secondary N) is 1. The number of anilines is 1. The average Bonchev–Trinajstić information content (AvgIpc) is 3.19. The average molecular weight is 693 g/mol. The van der Waals surface area contributed by atoms with Crippen LogP contribution in [0.3, 0.4) is 0 Å². The molecule has 2 unspecified atom stereocenters. The predicted molar refractivity (Wildman–Crippen MR) is 164 cm³/mol. The van der Waals surface area contributed by atoms with Gasteiger partial charge in [-0.25, -0.2) is 26.6 Å². The summed E-state index contributed by atoms with van der Waals surface area (Å²) in [7, 11) is -6.96. The molecule has 0 bridgehead atoms. The van der Waals surface area contributed by atoms with Crippen molar-refractivity contribution in [3.63, 3.8) is 0 Å². The van der Waals surface area contributed by atoms with Crippen LogP contribution in [0.1, 0.15) is 30.4 Å². The number of aromatic nitrogens is 1. The fourth-order valence-corrected chi connectivity index (χ4v) is 8.77. The lowest BCUT2D eigenvalue weighted by Gasteiger charge is -2.30. The number of β-amino-alcohol motifs (C(OH)–C–C–N with tert-alkyl or cyclic N) is 1. The van der Waals surface area contributed by atoms with E-state index in [1.54, 1.807) is 18.2 Å². The Morgan fingerprint density at radius 2 is 1.78 bits per heavy atom. The molecule has 0 aliphatic carbocycles. The molecule has 0 saturated carbocycles. The van der Waals surface area contributed by atoms with Crippen molar-refractivity contribution in [3.8, 4) is 0 Å². The fourth-order valence-electron chi connectivity index (χ4n) is 5.28. The van der Waals surface area contributed by atoms with Gasteiger partial charge in [-0.1, -0.05) is 35.6 Å². The lowest BCUT2D eigenvalue weighted by atomic mass is 10.00. The molecule has 0 amide bonds. The Hall–Kier alpha value is -2.83. The van der Waals surface area contributed by atoms with Gasteiger partial charge in [0.1, 0.15) is 9.84 Å². The number of benzene rings is 2. The maximum atomic E-state index is 13.3. The minimum absolute atomic E-state index is 0.157. The third-order valence-corrected chi connectivity index (χ3v) is 12.2. The number of aliphatic hydroxyl groups excluding tert-OH is 1. The molecule has 1 aromatic heterocycles. The number of halogens is 3. The van der Waals surface area contributed by atoms with E-state index in [0.29, 0.717) is 49.5 Å². The highest BCUT2D eigenvalue weighted by Gasteiger charge is 2.38. The van der Waals surface area contributed by atoms with Crippen LogP contribution in [0.25, 0.3) is 10.2 Å². The molecule has 17 heteroatoms. The Bertz CT molecular complexity index is 1720. The quantitative estimate of drug-likeness (QED) is 0.320. The number of sulfone groups is 1. The first-order chi connectivity index (χ1) is 21.0. The maximum absolute atomic E-state index is 13.3. The van der Waals surface area contributed by atoms with Crippen LogP contribution in [-0.2, 0) is 37.6 Å². The molecular weight excluding hydrogens is 658 g/mol. The van der Waals surface area contributed by atoms with E-state index in [1.807, 2.05) is 6.07 Å². The highest BCUT2D eigenvalue weighted by atomic mass is 32.2. The van der Waals surface area contributed by atoms with Crippen molar-refractivity contribution in [2.45, 2.75) is 54.7 Å². The number of carboxylic acids is 1. The van der Waals surface area contributed by atoms with Crippen LogP contribution in [0, 0.1) is 0 Å². The van der Waals surface area contributed by atoms with Gasteiger partial charge in [0.25, 0.3) is 0 Å². The van der Waals surface area contributed by atoms with Crippen molar-refractivity contribution in [1.82, 2.24) is 14.2 Å². The lowest BCUT2D eigenvalue weighted by molar-refractivity contribution is -0.192. The molecule has 1 fully saturated rings. The molecule has 248 valence electrons. The zero-order valence-corrected chi connectivity index (χ0v) is 26.9. The molecule has 0 spiro atoms. The standard InChI is InChI=1S/C26H34N4O5S3.C2HF3O2/c1-37(32,33)22-7-4-12-30(14-11-22)38(34,35)23-8-9-25-24(15-23)28-26(36-25)27-16-21(31)18-29-13-10-19-5-2-3-6-20(19)17-29;3-2(4,5)1(6)7/h2-3,5-6,8-9,15,21-22,31H,4,7,10-14,16-18H2,1H3,(H,27,28);(H,6,7). The Kier molecular flexibility index (Phi) is 11.1. The summed E-state index contributed by atoms with van der Waals surface area (Å²) in [6, 6.07) is 13.3. The summed E-state index contributed by atoms with van der Waals surface area (Å²) in [4.78, 5) is 15.9. The highest BCUT2D eigenvalue weighted by molar-refractivity contribution is 7.91. The summed E-state index contributed by atoms with van der Waals surface area (Å²) in [6.07, 6.45) is -2.16. The Morgan fingerprint density at radius 1 is 1.09 bits per heavy atom. The van der Waals surface area contributed by atoms with Crippen molar-refractivity contribution in [1.29, 1.82) is 0 Å². The van der Waals surface area contributed by atoms with Crippen LogP contribution < -0.4 is 5.32 Å². The number of hydrogen-bond acceptors (Lipinski definition) is 10. The van der Waals surface area contributed by atoms with Crippen LogP contribution in [0.2, 0.25) is 0 Å². The van der Waals surface area contributed by atoms with E-state index in [4.69, 9.17) is 9.90 Å². The second-order valence-electron chi connectivity index (χ2n) is 11.0. The van der Waals surface area contributed by atoms with Crippen LogP contribution >= 0.6 is 11.3 Å². The number of carbonyl (C=O) groups is 1. The Morgan fingerprint density at radius 3 is 2.44 bits per heavy atom. The van der Waals surface area contributed by atoms with Gasteiger partial charge in [-0.15, -0.1) is 0 Å². The summed E-state index contributed by atoms with van der Waals surface area (Å²) >= 11 is 1.42. The van der Waals surface area contributed by atoms with Gasteiger partial charge in [0.05, 0.1) is 26.5 Å². The van der Waals surface area contributed by atoms with Crippen molar-refractivity contribution in [2.75, 3.05) is 44.3 Å². The van der Waals surface area contributed by atoms with Crippen molar-refractivity contribution in [3.05, 3.63) is 53.6 Å². The van der Waals surface area contributed by atoms with Gasteiger partial charge < -0.3 is 15.5 Å². The third kappa shape index (κ3) is 9.36. The van der Waals surface area contributed by atoms with Crippen molar-refractivity contribution in [2.24, 2.45) is 0 Å². The van der Waals surface area contributed by atoms with Crippen LogP contribution in [0.4, 0.5) is 18.3 Å². The number of fused-ring (bicyclic) bond motifs is 2. The van der Waals surface area contributed by atoms with Crippen LogP contribution in [0.15, 0.2) is 47.4 Å². The van der Waals surface area contributed by atoms with E-state index in [2.05, 4.69) is 33.4 Å². The number of sulfonamides is 1. The van der Waals surface area contributed by atoms with E-state index >= 15 is 0 Å². The number of rotatable bonds is 8. The largest absolute Gasteiger partial charge is 0.490 e. The minimum atomic E-state index is -5.08. The van der Waals surface area contributed by atoms with Crippen molar-refractivity contribution >= 4 is 52.5 Å². The molecule has 3 N–H and O–H groups in total. The summed E-state index contributed by atoms with van der Waals surface area (Å²) in [5.41, 5.74) is 3.26. The second-order valence-corrected chi connectivity index (χ2v) is 16.3. The number of nitrogens with zero attached hydrogens (tertiary/aromatic N) is 3. The summed E-state index contributed by atoms with van der Waals surface area (Å²) in [5.74, 6) is -2.76. The lowest BCUT2D eigenvalue weighted by Crippen LogP contribution is -2.39. The number of carboxylic acid groups (broad SMARTS) is 1. The molecule has 3 heterocycles.